The van der Waals surface area contributed by atoms with Gasteiger partial charge in [-0.3, -0.25) is 4.79 Å². The van der Waals surface area contributed by atoms with E-state index < -0.39 is 11.9 Å². The molecule has 0 aliphatic heterocycles. The number of nitrogens with zero attached hydrogens (tertiary/aromatic N) is 1. The second-order valence-corrected chi connectivity index (χ2v) is 3.19. The standard InChI is InChI=1S/C10H10NO2.C5H5O2.Cu/c1-13-10(12)8-11-7-9-5-3-2-4-6-9;1-3-5(6)7-4-2;/h2-8H,1H3;4H2,2H3;/q2*-1;+1. The van der Waals surface area contributed by atoms with Crippen LogP contribution in [0.3, 0.4) is 0 Å². The van der Waals surface area contributed by atoms with Gasteiger partial charge in [0.15, 0.2) is 0 Å². The van der Waals surface area contributed by atoms with Crippen LogP contribution in [0.4, 0.5) is 0 Å². The van der Waals surface area contributed by atoms with Crippen LogP contribution >= 0.6 is 0 Å². The third-order valence-electron chi connectivity index (χ3n) is 1.78. The largest absolute Gasteiger partial charge is 1.00 e. The van der Waals surface area contributed by atoms with Gasteiger partial charge in [-0.2, -0.15) is 0 Å². The van der Waals surface area contributed by atoms with Crippen LogP contribution in [0.5, 0.6) is 0 Å². The summed E-state index contributed by atoms with van der Waals surface area (Å²) in [6.45, 7) is 3.12. The van der Waals surface area contributed by atoms with Crippen molar-refractivity contribution in [1.82, 2.24) is 0 Å². The summed E-state index contributed by atoms with van der Waals surface area (Å²) in [6, 6.07) is 9.52. The first-order valence-electron chi connectivity index (χ1n) is 5.72. The molecule has 0 aliphatic rings. The quantitative estimate of drug-likeness (QED) is 0.275. The summed E-state index contributed by atoms with van der Waals surface area (Å²) in [7, 11) is 1.32. The van der Waals surface area contributed by atoms with Crippen LogP contribution in [0.15, 0.2) is 35.3 Å². The minimum atomic E-state index is -0.706. The molecule has 1 aromatic carbocycles. The molecule has 5 nitrogen and oxygen atoms in total. The predicted molar refractivity (Wildman–Crippen MR) is 74.1 cm³/mol. The van der Waals surface area contributed by atoms with Gasteiger partial charge in [0.25, 0.3) is 5.97 Å². The minimum absolute atomic E-state index is 0. The molecule has 0 aromatic heterocycles. The zero-order valence-electron chi connectivity index (χ0n) is 11.6. The Hall–Kier alpha value is -2.22. The van der Waals surface area contributed by atoms with Crippen molar-refractivity contribution in [2.45, 2.75) is 6.92 Å². The number of hydrogen-bond acceptors (Lipinski definition) is 5. The number of methoxy groups -OCH3 is 1. The fraction of sp³-hybridized carbons (Fsp3) is 0.200. The third-order valence-corrected chi connectivity index (χ3v) is 1.78. The minimum Gasteiger partial charge on any atom is -0.542 e. The number of carbonyl (C=O) groups is 2. The Morgan fingerprint density at radius 3 is 2.43 bits per heavy atom. The molecule has 0 atom stereocenters. The number of aliphatic imine (C=N–C) groups is 1. The van der Waals surface area contributed by atoms with E-state index in [9.17, 15) is 9.59 Å². The van der Waals surface area contributed by atoms with Crippen LogP contribution in [-0.2, 0) is 36.1 Å². The second kappa shape index (κ2) is 14.2. The molecule has 0 aliphatic carbocycles. The maximum Gasteiger partial charge on any atom is 1.00 e. The average molecular weight is 337 g/mol. The zero-order valence-corrected chi connectivity index (χ0v) is 12.6. The molecule has 0 saturated heterocycles. The summed E-state index contributed by atoms with van der Waals surface area (Å²) in [4.78, 5) is 24.3. The maximum absolute atomic E-state index is 10.6. The third kappa shape index (κ3) is 12.6. The average Bonchev–Trinajstić information content (AvgIpc) is 2.49. The van der Waals surface area contributed by atoms with Gasteiger partial charge in [-0.05, 0) is 13.5 Å². The Morgan fingerprint density at radius 1 is 1.38 bits per heavy atom. The predicted octanol–water partition coefficient (Wildman–Crippen LogP) is 1.58. The van der Waals surface area contributed by atoms with E-state index in [0.717, 1.165) is 12.1 Å². The number of rotatable bonds is 4. The normalized spacial score (nSPS) is 8.43. The molecule has 0 N–H and O–H groups in total. The first-order valence-corrected chi connectivity index (χ1v) is 5.72. The van der Waals surface area contributed by atoms with Gasteiger partial charge >= 0.3 is 17.1 Å². The summed E-state index contributed by atoms with van der Waals surface area (Å²) in [6.07, 6.45) is 7.78. The van der Waals surface area contributed by atoms with Crippen LogP contribution in [0.1, 0.15) is 12.5 Å². The Balaban J connectivity index is 0. The second-order valence-electron chi connectivity index (χ2n) is 3.19. The van der Waals surface area contributed by atoms with Gasteiger partial charge in [0.2, 0.25) is 5.97 Å². The Bertz CT molecular complexity index is 480. The van der Waals surface area contributed by atoms with Gasteiger partial charge in [-0.25, -0.2) is 5.92 Å². The summed E-state index contributed by atoms with van der Waals surface area (Å²) in [5.41, 5.74) is 0.947. The number of esters is 2. The van der Waals surface area contributed by atoms with E-state index in [1.165, 1.54) is 7.11 Å². The van der Waals surface area contributed by atoms with Crippen molar-refractivity contribution in [2.24, 2.45) is 4.99 Å². The smallest absolute Gasteiger partial charge is 0.542 e. The molecule has 0 bridgehead atoms. The van der Waals surface area contributed by atoms with Crippen LogP contribution < -0.4 is 0 Å². The fourth-order valence-electron chi connectivity index (χ4n) is 0.943. The van der Waals surface area contributed by atoms with E-state index in [1.54, 1.807) is 19.1 Å². The number of benzene rings is 1. The number of carbonyl (C=O) groups excluding carboxylic acids is 2. The summed E-state index contributed by atoms with van der Waals surface area (Å²) >= 11 is 0. The van der Waals surface area contributed by atoms with Crippen LogP contribution in [0.2, 0.25) is 0 Å². The molecule has 0 radical (unpaired) electrons. The van der Waals surface area contributed by atoms with Crippen LogP contribution in [0.25, 0.3) is 0 Å². The number of hydrogen-bond donors (Lipinski definition) is 0. The molecule has 0 heterocycles. The van der Waals surface area contributed by atoms with E-state index in [4.69, 9.17) is 6.42 Å². The van der Waals surface area contributed by atoms with Crippen molar-refractivity contribution in [3.05, 3.63) is 48.9 Å². The fourth-order valence-corrected chi connectivity index (χ4v) is 0.943. The molecule has 1 aromatic rings. The molecule has 21 heavy (non-hydrogen) atoms. The molecule has 0 spiro atoms. The van der Waals surface area contributed by atoms with E-state index in [2.05, 4.69) is 14.5 Å². The van der Waals surface area contributed by atoms with Gasteiger partial charge in [0.05, 0.1) is 13.7 Å². The van der Waals surface area contributed by atoms with Crippen molar-refractivity contribution < 1.29 is 36.1 Å². The molecule has 116 valence electrons. The van der Waals surface area contributed by atoms with E-state index in [-0.39, 0.29) is 17.1 Å². The SMILES string of the molecule is COC(=O)[CH-]N=Cc1ccccc1.[C-]#CC(=O)OCC.[Cu+]. The number of ether oxygens (including phenoxy) is 2. The molecular formula is C15H15CuNO4-. The first kappa shape index (κ1) is 21.1. The van der Waals surface area contributed by atoms with Gasteiger partial charge in [-0.15, -0.1) is 6.21 Å². The molecular weight excluding hydrogens is 322 g/mol. The van der Waals surface area contributed by atoms with E-state index >= 15 is 0 Å². The Morgan fingerprint density at radius 2 is 2.00 bits per heavy atom. The first-order chi connectivity index (χ1) is 9.63. The van der Waals surface area contributed by atoms with Gasteiger partial charge < -0.3 is 25.7 Å². The monoisotopic (exact) mass is 336 g/mol. The molecule has 0 unspecified atom stereocenters. The Kier molecular flexibility index (Phi) is 14.3. The van der Waals surface area contributed by atoms with Crippen molar-refractivity contribution >= 4 is 18.2 Å². The zero-order chi connectivity index (χ0) is 15.2. The molecule has 0 amide bonds. The maximum atomic E-state index is 10.6. The topological polar surface area (TPSA) is 65.0 Å². The Labute approximate surface area is 135 Å². The van der Waals surface area contributed by atoms with Crippen LogP contribution in [0, 0.1) is 18.9 Å². The van der Waals surface area contributed by atoms with Gasteiger partial charge in [0.1, 0.15) is 0 Å². The molecule has 0 fully saturated rings. The summed E-state index contributed by atoms with van der Waals surface area (Å²) in [5.74, 6) is 0.397. The van der Waals surface area contributed by atoms with Gasteiger partial charge in [-0.1, -0.05) is 35.9 Å². The van der Waals surface area contributed by atoms with E-state index in [0.29, 0.717) is 6.61 Å². The van der Waals surface area contributed by atoms with Gasteiger partial charge in [0, 0.05) is 0 Å². The molecule has 6 heteroatoms. The van der Waals surface area contributed by atoms with Crippen molar-refractivity contribution in [3.8, 4) is 5.92 Å². The van der Waals surface area contributed by atoms with E-state index in [1.807, 2.05) is 30.3 Å². The van der Waals surface area contributed by atoms with Crippen LogP contribution in [-0.4, -0.2) is 31.9 Å². The van der Waals surface area contributed by atoms with Crippen molar-refractivity contribution in [3.63, 3.8) is 0 Å². The molecule has 0 saturated carbocycles. The van der Waals surface area contributed by atoms with Crippen molar-refractivity contribution in [2.75, 3.05) is 13.7 Å². The van der Waals surface area contributed by atoms with Crippen molar-refractivity contribution in [1.29, 1.82) is 0 Å². The summed E-state index contributed by atoms with van der Waals surface area (Å²) in [5, 5.41) is 0. The summed E-state index contributed by atoms with van der Waals surface area (Å²) < 4.78 is 8.63. The molecule has 1 rings (SSSR count).